The second kappa shape index (κ2) is 5.82. The van der Waals surface area contributed by atoms with Crippen LogP contribution in [0.15, 0.2) is 48.7 Å². The number of fused-ring (bicyclic) bond motifs is 2. The average Bonchev–Trinajstić information content (AvgIpc) is 2.97. The summed E-state index contributed by atoms with van der Waals surface area (Å²) in [5.41, 5.74) is 4.16. The number of rotatable bonds is 3. The Hall–Kier alpha value is -2.13. The van der Waals surface area contributed by atoms with E-state index in [1.54, 1.807) is 7.11 Å². The van der Waals surface area contributed by atoms with Crippen molar-refractivity contribution in [2.45, 2.75) is 24.8 Å². The normalized spacial score (nSPS) is 19.0. The summed E-state index contributed by atoms with van der Waals surface area (Å²) in [6.45, 7) is 3.28. The molecular weight excluding hydrogens is 284 g/mol. The Morgan fingerprint density at radius 3 is 2.65 bits per heavy atom. The number of pyridine rings is 1. The molecule has 118 valence electrons. The number of allylic oxidation sites excluding steroid dienone is 1. The summed E-state index contributed by atoms with van der Waals surface area (Å²) >= 11 is 0. The highest BCUT2D eigenvalue weighted by Gasteiger charge is 2.38. The van der Waals surface area contributed by atoms with Crippen LogP contribution in [-0.2, 0) is 12.0 Å². The molecule has 4 rings (SSSR count). The van der Waals surface area contributed by atoms with E-state index in [9.17, 15) is 0 Å². The third-order valence-corrected chi connectivity index (χ3v) is 5.25. The van der Waals surface area contributed by atoms with Crippen LogP contribution in [0.4, 0.5) is 0 Å². The Bertz CT molecular complexity index is 713. The van der Waals surface area contributed by atoms with Crippen LogP contribution in [0.5, 0.6) is 5.75 Å². The van der Waals surface area contributed by atoms with Gasteiger partial charge in [0.05, 0.1) is 12.8 Å². The first-order valence-corrected chi connectivity index (χ1v) is 8.29. The lowest BCUT2D eigenvalue weighted by molar-refractivity contribution is 0.177. The van der Waals surface area contributed by atoms with Gasteiger partial charge in [-0.3, -0.25) is 9.88 Å². The maximum absolute atomic E-state index is 5.23. The minimum absolute atomic E-state index is 0.222. The topological polar surface area (TPSA) is 25.4 Å². The van der Waals surface area contributed by atoms with E-state index in [-0.39, 0.29) is 5.41 Å². The third kappa shape index (κ3) is 2.66. The predicted octanol–water partition coefficient (Wildman–Crippen LogP) is 3.65. The molecule has 0 N–H and O–H groups in total. The molecule has 1 fully saturated rings. The number of ether oxygens (including phenoxy) is 1. The highest BCUT2D eigenvalue weighted by Crippen LogP contribution is 2.43. The zero-order chi connectivity index (χ0) is 15.7. The molecule has 0 amide bonds. The predicted molar refractivity (Wildman–Crippen MR) is 92.5 cm³/mol. The summed E-state index contributed by atoms with van der Waals surface area (Å²) in [4.78, 5) is 7.05. The zero-order valence-corrected chi connectivity index (χ0v) is 13.5. The van der Waals surface area contributed by atoms with Crippen LogP contribution in [0.2, 0.25) is 0 Å². The minimum atomic E-state index is 0.222. The maximum Gasteiger partial charge on any atom is 0.118 e. The van der Waals surface area contributed by atoms with Crippen molar-refractivity contribution in [1.82, 2.24) is 9.88 Å². The highest BCUT2D eigenvalue weighted by atomic mass is 16.5. The van der Waals surface area contributed by atoms with Gasteiger partial charge >= 0.3 is 0 Å². The SMILES string of the molecule is COc1ccc(CN2CCC3(C=Cc4ncccc43)CC2)cc1. The van der Waals surface area contributed by atoms with Crippen molar-refractivity contribution >= 4 is 6.08 Å². The van der Waals surface area contributed by atoms with Gasteiger partial charge in [-0.15, -0.1) is 0 Å². The molecule has 1 spiro atoms. The molecule has 1 aliphatic heterocycles. The number of benzene rings is 1. The molecule has 3 heteroatoms. The van der Waals surface area contributed by atoms with Gasteiger partial charge in [0.1, 0.15) is 5.75 Å². The van der Waals surface area contributed by atoms with Crippen LogP contribution in [0.3, 0.4) is 0 Å². The fourth-order valence-corrected chi connectivity index (χ4v) is 3.83. The van der Waals surface area contributed by atoms with E-state index in [2.05, 4.69) is 46.3 Å². The van der Waals surface area contributed by atoms with Crippen molar-refractivity contribution in [2.24, 2.45) is 0 Å². The summed E-state index contributed by atoms with van der Waals surface area (Å²) in [7, 11) is 1.71. The number of hydrogen-bond donors (Lipinski definition) is 0. The Labute approximate surface area is 137 Å². The first kappa shape index (κ1) is 14.5. The second-order valence-corrected chi connectivity index (χ2v) is 6.55. The van der Waals surface area contributed by atoms with Crippen molar-refractivity contribution < 1.29 is 4.74 Å². The molecule has 0 atom stereocenters. The van der Waals surface area contributed by atoms with E-state index in [1.165, 1.54) is 24.0 Å². The number of piperidine rings is 1. The number of aromatic nitrogens is 1. The van der Waals surface area contributed by atoms with E-state index in [1.807, 2.05) is 18.3 Å². The molecule has 2 aromatic rings. The van der Waals surface area contributed by atoms with Crippen molar-refractivity contribution in [3.8, 4) is 5.75 Å². The van der Waals surface area contributed by atoms with E-state index in [0.717, 1.165) is 31.1 Å². The maximum atomic E-state index is 5.23. The average molecular weight is 306 g/mol. The molecule has 0 bridgehead atoms. The highest BCUT2D eigenvalue weighted by molar-refractivity contribution is 5.62. The fourth-order valence-electron chi connectivity index (χ4n) is 3.83. The van der Waals surface area contributed by atoms with E-state index in [0.29, 0.717) is 0 Å². The lowest BCUT2D eigenvalue weighted by Gasteiger charge is -2.39. The molecule has 0 unspecified atom stereocenters. The van der Waals surface area contributed by atoms with Gasteiger partial charge in [0, 0.05) is 18.2 Å². The lowest BCUT2D eigenvalue weighted by atomic mass is 9.75. The standard InChI is InChI=1S/C20H22N2O/c1-23-17-6-4-16(5-7-17)15-22-13-10-20(11-14-22)9-8-19-18(20)3-2-12-21-19/h2-9,12H,10-11,13-15H2,1H3. The zero-order valence-electron chi connectivity index (χ0n) is 13.5. The molecule has 0 saturated carbocycles. The summed E-state index contributed by atoms with van der Waals surface area (Å²) in [5.74, 6) is 0.923. The molecule has 3 nitrogen and oxygen atoms in total. The summed E-state index contributed by atoms with van der Waals surface area (Å²) in [6.07, 6.45) is 8.83. The molecule has 2 aliphatic rings. The molecule has 1 aliphatic carbocycles. The number of likely N-dealkylation sites (tertiary alicyclic amines) is 1. The molecule has 1 saturated heterocycles. The molecule has 0 radical (unpaired) electrons. The summed E-state index contributed by atoms with van der Waals surface area (Å²) in [6, 6.07) is 12.7. The van der Waals surface area contributed by atoms with Crippen LogP contribution in [-0.4, -0.2) is 30.1 Å². The van der Waals surface area contributed by atoms with E-state index >= 15 is 0 Å². The first-order chi connectivity index (χ1) is 11.3. The fraction of sp³-hybridized carbons (Fsp3) is 0.350. The van der Waals surface area contributed by atoms with Gasteiger partial charge in [-0.25, -0.2) is 0 Å². The van der Waals surface area contributed by atoms with Gasteiger partial charge in [-0.05, 0) is 61.3 Å². The second-order valence-electron chi connectivity index (χ2n) is 6.55. The van der Waals surface area contributed by atoms with E-state index < -0.39 is 0 Å². The number of hydrogen-bond acceptors (Lipinski definition) is 3. The minimum Gasteiger partial charge on any atom is -0.497 e. The molecule has 23 heavy (non-hydrogen) atoms. The molecule has 1 aromatic heterocycles. The molecular formula is C20H22N2O. The molecule has 1 aromatic carbocycles. The van der Waals surface area contributed by atoms with Gasteiger partial charge < -0.3 is 4.74 Å². The van der Waals surface area contributed by atoms with Crippen molar-refractivity contribution in [2.75, 3.05) is 20.2 Å². The molecule has 2 heterocycles. The van der Waals surface area contributed by atoms with Gasteiger partial charge in [0.25, 0.3) is 0 Å². The summed E-state index contributed by atoms with van der Waals surface area (Å²) in [5, 5.41) is 0. The van der Waals surface area contributed by atoms with Crippen LogP contribution in [0.1, 0.15) is 29.7 Å². The van der Waals surface area contributed by atoms with Crippen LogP contribution < -0.4 is 4.74 Å². The lowest BCUT2D eigenvalue weighted by Crippen LogP contribution is -2.40. The van der Waals surface area contributed by atoms with Gasteiger partial charge in [0.2, 0.25) is 0 Å². The summed E-state index contributed by atoms with van der Waals surface area (Å²) < 4.78 is 5.23. The van der Waals surface area contributed by atoms with Crippen molar-refractivity contribution in [3.05, 3.63) is 65.5 Å². The number of methoxy groups -OCH3 is 1. The van der Waals surface area contributed by atoms with Crippen LogP contribution >= 0.6 is 0 Å². The van der Waals surface area contributed by atoms with Gasteiger partial charge in [-0.2, -0.15) is 0 Å². The van der Waals surface area contributed by atoms with Crippen molar-refractivity contribution in [3.63, 3.8) is 0 Å². The van der Waals surface area contributed by atoms with Gasteiger partial charge in [-0.1, -0.05) is 24.3 Å². The van der Waals surface area contributed by atoms with Crippen molar-refractivity contribution in [1.29, 1.82) is 0 Å². The van der Waals surface area contributed by atoms with E-state index in [4.69, 9.17) is 4.74 Å². The Morgan fingerprint density at radius 2 is 1.91 bits per heavy atom. The largest absolute Gasteiger partial charge is 0.497 e. The van der Waals surface area contributed by atoms with Crippen LogP contribution in [0, 0.1) is 0 Å². The third-order valence-electron chi connectivity index (χ3n) is 5.25. The first-order valence-electron chi connectivity index (χ1n) is 8.29. The Balaban J connectivity index is 1.42. The van der Waals surface area contributed by atoms with Gasteiger partial charge in [0.15, 0.2) is 0 Å². The Morgan fingerprint density at radius 1 is 1.13 bits per heavy atom. The quantitative estimate of drug-likeness (QED) is 0.865. The smallest absolute Gasteiger partial charge is 0.118 e. The van der Waals surface area contributed by atoms with Crippen LogP contribution in [0.25, 0.3) is 6.08 Å². The number of nitrogens with zero attached hydrogens (tertiary/aromatic N) is 2. The monoisotopic (exact) mass is 306 g/mol. The Kier molecular flexibility index (Phi) is 3.66.